The molecule has 0 heterocycles. The lowest BCUT2D eigenvalue weighted by atomic mass is 10.1. The Kier molecular flexibility index (Phi) is 6.35. The van der Waals surface area contributed by atoms with Gasteiger partial charge in [-0.1, -0.05) is 81.4 Å². The quantitative estimate of drug-likeness (QED) is 0.655. The van der Waals surface area contributed by atoms with E-state index < -0.39 is 8.22 Å². The van der Waals surface area contributed by atoms with E-state index in [0.29, 0.717) is 12.1 Å². The first-order chi connectivity index (χ1) is 10.9. The van der Waals surface area contributed by atoms with Gasteiger partial charge in [0.05, 0.1) is 0 Å². The molecule has 0 radical (unpaired) electrons. The maximum Gasteiger partial charge on any atom is 0.0405 e. The first-order valence-corrected chi connectivity index (χ1v) is 9.64. The molecule has 0 bridgehead atoms. The van der Waals surface area contributed by atoms with Crippen LogP contribution in [-0.2, 0) is 0 Å². The van der Waals surface area contributed by atoms with E-state index in [1.54, 1.807) is 0 Å². The molecule has 0 saturated heterocycles. The largest absolute Gasteiger partial charge is 0.276 e. The molecule has 2 rings (SSSR count). The second-order valence-electron chi connectivity index (χ2n) is 7.03. The third-order valence-corrected chi connectivity index (χ3v) is 6.55. The molecule has 2 aromatic rings. The van der Waals surface area contributed by atoms with Crippen molar-refractivity contribution >= 4 is 8.22 Å². The van der Waals surface area contributed by atoms with E-state index in [2.05, 4.69) is 105 Å². The van der Waals surface area contributed by atoms with E-state index in [1.165, 1.54) is 11.1 Å². The number of nitrogens with one attached hydrogen (secondary N) is 2. The van der Waals surface area contributed by atoms with Crippen molar-refractivity contribution in [2.24, 2.45) is 0 Å². The predicted octanol–water partition coefficient (Wildman–Crippen LogP) is 5.80. The second-order valence-corrected chi connectivity index (χ2v) is 9.56. The molecule has 124 valence electrons. The van der Waals surface area contributed by atoms with Crippen LogP contribution in [0.5, 0.6) is 0 Å². The molecule has 23 heavy (non-hydrogen) atoms. The zero-order chi connectivity index (χ0) is 16.9. The molecule has 2 unspecified atom stereocenters. The van der Waals surface area contributed by atoms with Gasteiger partial charge in [0.1, 0.15) is 0 Å². The van der Waals surface area contributed by atoms with Crippen LogP contribution in [0.25, 0.3) is 0 Å². The third kappa shape index (κ3) is 5.42. The topological polar surface area (TPSA) is 24.1 Å². The van der Waals surface area contributed by atoms with Crippen molar-refractivity contribution in [3.8, 4) is 0 Å². The van der Waals surface area contributed by atoms with Crippen molar-refractivity contribution in [1.29, 1.82) is 0 Å². The monoisotopic (exact) mass is 328 g/mol. The molecular weight excluding hydrogens is 299 g/mol. The minimum Gasteiger partial charge on any atom is -0.276 e. The summed E-state index contributed by atoms with van der Waals surface area (Å²) in [4.78, 5) is 0. The molecule has 2 N–H and O–H groups in total. The molecule has 0 amide bonds. The van der Waals surface area contributed by atoms with Gasteiger partial charge in [0.2, 0.25) is 0 Å². The van der Waals surface area contributed by atoms with Gasteiger partial charge in [-0.2, -0.15) is 0 Å². The summed E-state index contributed by atoms with van der Waals surface area (Å²) >= 11 is 0. The lowest BCUT2D eigenvalue weighted by Gasteiger charge is -2.36. The van der Waals surface area contributed by atoms with E-state index in [9.17, 15) is 0 Å². The van der Waals surface area contributed by atoms with Gasteiger partial charge in [0.25, 0.3) is 0 Å². The van der Waals surface area contributed by atoms with Crippen LogP contribution in [0.3, 0.4) is 0 Å². The molecule has 2 nitrogen and oxygen atoms in total. The van der Waals surface area contributed by atoms with Crippen LogP contribution in [0, 0.1) is 0 Å². The van der Waals surface area contributed by atoms with Gasteiger partial charge in [0, 0.05) is 25.5 Å². The van der Waals surface area contributed by atoms with Crippen LogP contribution in [0.15, 0.2) is 60.7 Å². The first-order valence-electron chi connectivity index (χ1n) is 8.30. The standard InChI is InChI=1S/C20H29N2P/c1-16(18-12-8-6-9-13-18)21-23(20(3,4)5)22-17(2)19-14-10-7-11-15-19/h6-17,21-22H,1-5H3. The highest BCUT2D eigenvalue weighted by Gasteiger charge is 2.27. The van der Waals surface area contributed by atoms with Crippen molar-refractivity contribution in [3.63, 3.8) is 0 Å². The Morgan fingerprint density at radius 3 is 1.35 bits per heavy atom. The Bertz CT molecular complexity index is 530. The van der Waals surface area contributed by atoms with Gasteiger partial charge in [-0.15, -0.1) is 0 Å². The normalized spacial score (nSPS) is 15.9. The number of rotatable bonds is 6. The first kappa shape index (κ1) is 18.1. The van der Waals surface area contributed by atoms with Crippen LogP contribution >= 0.6 is 8.22 Å². The summed E-state index contributed by atoms with van der Waals surface area (Å²) in [5.74, 6) is 0. The molecule has 2 atom stereocenters. The molecule has 0 aliphatic heterocycles. The van der Waals surface area contributed by atoms with Gasteiger partial charge < -0.3 is 0 Å². The average molecular weight is 328 g/mol. The molecule has 0 aliphatic rings. The third-order valence-electron chi connectivity index (χ3n) is 3.92. The zero-order valence-corrected chi connectivity index (χ0v) is 15.8. The van der Waals surface area contributed by atoms with Crippen molar-refractivity contribution in [1.82, 2.24) is 10.2 Å². The second kappa shape index (κ2) is 8.06. The molecule has 0 aliphatic carbocycles. The highest BCUT2D eigenvalue weighted by atomic mass is 31.1. The lowest BCUT2D eigenvalue weighted by molar-refractivity contribution is 0.649. The summed E-state index contributed by atoms with van der Waals surface area (Å²) in [6, 6.07) is 22.0. The molecule has 3 heteroatoms. The smallest absolute Gasteiger partial charge is 0.0405 e. The van der Waals surface area contributed by atoms with E-state index >= 15 is 0 Å². The van der Waals surface area contributed by atoms with E-state index in [0.717, 1.165) is 0 Å². The Hall–Kier alpha value is -1.21. The van der Waals surface area contributed by atoms with Crippen molar-refractivity contribution in [2.45, 2.75) is 51.9 Å². The van der Waals surface area contributed by atoms with Crippen LogP contribution in [0.2, 0.25) is 0 Å². The average Bonchev–Trinajstić information content (AvgIpc) is 2.54. The van der Waals surface area contributed by atoms with E-state index in [1.807, 2.05) is 0 Å². The molecule has 0 fully saturated rings. The molecule has 2 aromatic carbocycles. The van der Waals surface area contributed by atoms with Gasteiger partial charge in [-0.25, -0.2) is 0 Å². The summed E-state index contributed by atoms with van der Waals surface area (Å²) in [7, 11) is -0.528. The van der Waals surface area contributed by atoms with E-state index in [4.69, 9.17) is 0 Å². The SMILES string of the molecule is CC(NP(NC(C)c1ccccc1)C(C)(C)C)c1ccccc1. The fourth-order valence-electron chi connectivity index (χ4n) is 2.44. The number of hydrogen-bond donors (Lipinski definition) is 2. The Morgan fingerprint density at radius 1 is 0.696 bits per heavy atom. The summed E-state index contributed by atoms with van der Waals surface area (Å²) in [5.41, 5.74) is 2.66. The van der Waals surface area contributed by atoms with Crippen molar-refractivity contribution in [3.05, 3.63) is 71.8 Å². The maximum absolute atomic E-state index is 3.83. The van der Waals surface area contributed by atoms with Gasteiger partial charge in [0.15, 0.2) is 0 Å². The Morgan fingerprint density at radius 2 is 1.04 bits per heavy atom. The van der Waals surface area contributed by atoms with Gasteiger partial charge in [-0.3, -0.25) is 10.2 Å². The van der Waals surface area contributed by atoms with E-state index in [-0.39, 0.29) is 5.16 Å². The highest BCUT2D eigenvalue weighted by molar-refractivity contribution is 7.55. The van der Waals surface area contributed by atoms with Crippen LogP contribution < -0.4 is 10.2 Å². The fourth-order valence-corrected chi connectivity index (χ4v) is 4.37. The van der Waals surface area contributed by atoms with Crippen molar-refractivity contribution < 1.29 is 0 Å². The zero-order valence-electron chi connectivity index (χ0n) is 14.9. The highest BCUT2D eigenvalue weighted by Crippen LogP contribution is 2.46. The van der Waals surface area contributed by atoms with Gasteiger partial charge in [-0.05, 0) is 25.0 Å². The van der Waals surface area contributed by atoms with Crippen LogP contribution in [0.1, 0.15) is 57.8 Å². The molecule has 0 saturated carbocycles. The minimum atomic E-state index is -0.528. The summed E-state index contributed by atoms with van der Waals surface area (Å²) in [6.45, 7) is 11.4. The van der Waals surface area contributed by atoms with Gasteiger partial charge >= 0.3 is 0 Å². The minimum absolute atomic E-state index is 0.182. The summed E-state index contributed by atoms with van der Waals surface area (Å²) < 4.78 is 0. The van der Waals surface area contributed by atoms with Crippen LogP contribution in [-0.4, -0.2) is 5.16 Å². The predicted molar refractivity (Wildman–Crippen MR) is 103 cm³/mol. The Balaban J connectivity index is 2.09. The molecular formula is C20H29N2P. The summed E-state index contributed by atoms with van der Waals surface area (Å²) in [5, 5.41) is 7.84. The van der Waals surface area contributed by atoms with Crippen LogP contribution in [0.4, 0.5) is 0 Å². The number of benzene rings is 2. The fraction of sp³-hybridized carbons (Fsp3) is 0.400. The Labute approximate surface area is 142 Å². The lowest BCUT2D eigenvalue weighted by Crippen LogP contribution is -2.33. The molecule has 0 spiro atoms. The summed E-state index contributed by atoms with van der Waals surface area (Å²) in [6.07, 6.45) is 0. The molecule has 0 aromatic heterocycles. The number of hydrogen-bond acceptors (Lipinski definition) is 2. The maximum atomic E-state index is 3.83. The van der Waals surface area contributed by atoms with Crippen molar-refractivity contribution in [2.75, 3.05) is 0 Å².